The number of aryl methyl sites for hydroxylation is 2. The third-order valence-corrected chi connectivity index (χ3v) is 3.76. The van der Waals surface area contributed by atoms with E-state index in [1.54, 1.807) is 0 Å². The van der Waals surface area contributed by atoms with Crippen LogP contribution in [-0.2, 0) is 13.0 Å². The second-order valence-electron chi connectivity index (χ2n) is 4.31. The molecule has 0 atom stereocenters. The van der Waals surface area contributed by atoms with Crippen LogP contribution in [0.5, 0.6) is 0 Å². The first-order chi connectivity index (χ1) is 8.28. The number of hydrogen-bond acceptors (Lipinski definition) is 2. The van der Waals surface area contributed by atoms with Gasteiger partial charge in [-0.3, -0.25) is 0 Å². The van der Waals surface area contributed by atoms with Gasteiger partial charge in [-0.25, -0.2) is 0 Å². The molecule has 0 radical (unpaired) electrons. The summed E-state index contributed by atoms with van der Waals surface area (Å²) < 4.78 is 0. The van der Waals surface area contributed by atoms with E-state index in [9.17, 15) is 0 Å². The monoisotopic (exact) mass is 245 g/mol. The van der Waals surface area contributed by atoms with E-state index >= 15 is 0 Å². The molecule has 0 aliphatic carbocycles. The van der Waals surface area contributed by atoms with Crippen molar-refractivity contribution in [3.05, 3.63) is 51.7 Å². The fourth-order valence-corrected chi connectivity index (χ4v) is 2.68. The summed E-state index contributed by atoms with van der Waals surface area (Å²) >= 11 is 1.86. The van der Waals surface area contributed by atoms with Crippen molar-refractivity contribution >= 4 is 17.0 Å². The minimum Gasteiger partial charge on any atom is -0.380 e. The second kappa shape index (κ2) is 5.87. The quantitative estimate of drug-likeness (QED) is 0.810. The van der Waals surface area contributed by atoms with Crippen LogP contribution >= 0.6 is 11.3 Å². The molecule has 90 valence electrons. The van der Waals surface area contributed by atoms with Gasteiger partial charge in [-0.15, -0.1) is 11.3 Å². The first-order valence-electron chi connectivity index (χ1n) is 6.16. The number of nitrogens with one attached hydrogen (secondary N) is 1. The molecule has 1 heterocycles. The van der Waals surface area contributed by atoms with Crippen LogP contribution in [0.2, 0.25) is 0 Å². The van der Waals surface area contributed by atoms with E-state index in [0.717, 1.165) is 6.54 Å². The minimum absolute atomic E-state index is 0.922. The standard InChI is InChI=1S/C15H19NS/c1-3-4-13-6-8-14(9-7-13)16-11-15-10-5-12(2)17-15/h5-10,16H,3-4,11H2,1-2H3. The Balaban J connectivity index is 1.90. The van der Waals surface area contributed by atoms with E-state index in [-0.39, 0.29) is 0 Å². The highest BCUT2D eigenvalue weighted by molar-refractivity contribution is 7.11. The predicted molar refractivity (Wildman–Crippen MR) is 76.8 cm³/mol. The van der Waals surface area contributed by atoms with Crippen LogP contribution in [0.3, 0.4) is 0 Å². The maximum Gasteiger partial charge on any atom is 0.0494 e. The lowest BCUT2D eigenvalue weighted by Crippen LogP contribution is -1.97. The van der Waals surface area contributed by atoms with Crippen molar-refractivity contribution in [3.8, 4) is 0 Å². The van der Waals surface area contributed by atoms with Gasteiger partial charge in [-0.05, 0) is 43.2 Å². The number of thiophene rings is 1. The summed E-state index contributed by atoms with van der Waals surface area (Å²) in [5.41, 5.74) is 2.63. The number of hydrogen-bond donors (Lipinski definition) is 1. The highest BCUT2D eigenvalue weighted by Gasteiger charge is 1.97. The van der Waals surface area contributed by atoms with Crippen LogP contribution in [0.1, 0.15) is 28.7 Å². The molecule has 1 aromatic heterocycles. The van der Waals surface area contributed by atoms with E-state index in [4.69, 9.17) is 0 Å². The Hall–Kier alpha value is -1.28. The molecular formula is C15H19NS. The molecule has 2 heteroatoms. The molecular weight excluding hydrogens is 226 g/mol. The Morgan fingerprint density at radius 1 is 1.06 bits per heavy atom. The third-order valence-electron chi connectivity index (χ3n) is 2.76. The van der Waals surface area contributed by atoms with Crippen molar-refractivity contribution in [3.63, 3.8) is 0 Å². The van der Waals surface area contributed by atoms with Gasteiger partial charge in [0.1, 0.15) is 0 Å². The molecule has 0 unspecified atom stereocenters. The van der Waals surface area contributed by atoms with Crippen LogP contribution in [0.25, 0.3) is 0 Å². The van der Waals surface area contributed by atoms with Gasteiger partial charge in [-0.2, -0.15) is 0 Å². The topological polar surface area (TPSA) is 12.0 Å². The summed E-state index contributed by atoms with van der Waals surface area (Å²) in [5.74, 6) is 0. The molecule has 0 amide bonds. The first-order valence-corrected chi connectivity index (χ1v) is 6.97. The molecule has 0 spiro atoms. The first kappa shape index (κ1) is 12.2. The zero-order valence-corrected chi connectivity index (χ0v) is 11.3. The van der Waals surface area contributed by atoms with Gasteiger partial charge in [0, 0.05) is 22.0 Å². The molecule has 2 aromatic rings. The summed E-state index contributed by atoms with van der Waals surface area (Å²) in [4.78, 5) is 2.76. The van der Waals surface area contributed by atoms with Gasteiger partial charge in [0.05, 0.1) is 0 Å². The maximum absolute atomic E-state index is 3.45. The van der Waals surface area contributed by atoms with Crippen LogP contribution in [0.15, 0.2) is 36.4 Å². The Kier molecular flexibility index (Phi) is 4.21. The van der Waals surface area contributed by atoms with Gasteiger partial charge >= 0.3 is 0 Å². The van der Waals surface area contributed by atoms with Crippen molar-refractivity contribution in [2.45, 2.75) is 33.2 Å². The van der Waals surface area contributed by atoms with E-state index in [1.165, 1.54) is 33.8 Å². The molecule has 0 saturated carbocycles. The zero-order valence-electron chi connectivity index (χ0n) is 10.5. The SMILES string of the molecule is CCCc1ccc(NCc2ccc(C)s2)cc1. The fourth-order valence-electron chi connectivity index (χ4n) is 1.85. The smallest absolute Gasteiger partial charge is 0.0494 e. The second-order valence-corrected chi connectivity index (χ2v) is 5.69. The van der Waals surface area contributed by atoms with E-state index in [0.29, 0.717) is 0 Å². The lowest BCUT2D eigenvalue weighted by molar-refractivity contribution is 0.922. The summed E-state index contributed by atoms with van der Waals surface area (Å²) in [6, 6.07) is 13.1. The van der Waals surface area contributed by atoms with Gasteiger partial charge < -0.3 is 5.32 Å². The third kappa shape index (κ3) is 3.60. The van der Waals surface area contributed by atoms with Crippen molar-refractivity contribution in [2.24, 2.45) is 0 Å². The van der Waals surface area contributed by atoms with Crippen molar-refractivity contribution in [1.29, 1.82) is 0 Å². The van der Waals surface area contributed by atoms with Crippen LogP contribution < -0.4 is 5.32 Å². The minimum atomic E-state index is 0.922. The molecule has 1 aromatic carbocycles. The van der Waals surface area contributed by atoms with Gasteiger partial charge in [0.25, 0.3) is 0 Å². The summed E-state index contributed by atoms with van der Waals surface area (Å²) in [7, 11) is 0. The van der Waals surface area contributed by atoms with Crippen molar-refractivity contribution in [2.75, 3.05) is 5.32 Å². The summed E-state index contributed by atoms with van der Waals surface area (Å²) in [6.07, 6.45) is 2.38. The van der Waals surface area contributed by atoms with Crippen LogP contribution in [0, 0.1) is 6.92 Å². The Labute approximate surface area is 108 Å². The lowest BCUT2D eigenvalue weighted by Gasteiger charge is -2.06. The van der Waals surface area contributed by atoms with E-state index < -0.39 is 0 Å². The molecule has 0 bridgehead atoms. The maximum atomic E-state index is 3.45. The van der Waals surface area contributed by atoms with Crippen LogP contribution in [0.4, 0.5) is 5.69 Å². The molecule has 17 heavy (non-hydrogen) atoms. The highest BCUT2D eigenvalue weighted by atomic mass is 32.1. The molecule has 2 rings (SSSR count). The molecule has 0 saturated heterocycles. The Morgan fingerprint density at radius 2 is 1.82 bits per heavy atom. The van der Waals surface area contributed by atoms with Gasteiger partial charge in [-0.1, -0.05) is 25.5 Å². The molecule has 1 nitrogen and oxygen atoms in total. The van der Waals surface area contributed by atoms with Crippen molar-refractivity contribution < 1.29 is 0 Å². The predicted octanol–water partition coefficient (Wildman–Crippen LogP) is 4.62. The van der Waals surface area contributed by atoms with E-state index in [1.807, 2.05) is 11.3 Å². The fraction of sp³-hybridized carbons (Fsp3) is 0.333. The van der Waals surface area contributed by atoms with Crippen molar-refractivity contribution in [1.82, 2.24) is 0 Å². The molecule has 0 aliphatic rings. The zero-order chi connectivity index (χ0) is 12.1. The molecule has 0 fully saturated rings. The summed E-state index contributed by atoms with van der Waals surface area (Å²) in [5, 5.41) is 3.45. The van der Waals surface area contributed by atoms with Gasteiger partial charge in [0.2, 0.25) is 0 Å². The van der Waals surface area contributed by atoms with Gasteiger partial charge in [0.15, 0.2) is 0 Å². The number of anilines is 1. The van der Waals surface area contributed by atoms with Crippen LogP contribution in [-0.4, -0.2) is 0 Å². The number of benzene rings is 1. The molecule has 0 aliphatic heterocycles. The highest BCUT2D eigenvalue weighted by Crippen LogP contribution is 2.17. The largest absolute Gasteiger partial charge is 0.380 e. The summed E-state index contributed by atoms with van der Waals surface area (Å²) in [6.45, 7) is 5.28. The Morgan fingerprint density at radius 3 is 2.41 bits per heavy atom. The average molecular weight is 245 g/mol. The lowest BCUT2D eigenvalue weighted by atomic mass is 10.1. The number of rotatable bonds is 5. The average Bonchev–Trinajstić information content (AvgIpc) is 2.75. The Bertz CT molecular complexity index is 456. The molecule has 1 N–H and O–H groups in total. The van der Waals surface area contributed by atoms with E-state index in [2.05, 4.69) is 55.6 Å². The normalized spacial score (nSPS) is 10.5.